The molecule has 19 heavy (non-hydrogen) atoms. The molecule has 6 heteroatoms. The van der Waals surface area contributed by atoms with Crippen LogP contribution in [-0.2, 0) is 11.3 Å². The lowest BCUT2D eigenvalue weighted by molar-refractivity contribution is -0.116. The number of hydrogen-bond acceptors (Lipinski definition) is 4. The lowest BCUT2D eigenvalue weighted by atomic mass is 10.2. The summed E-state index contributed by atoms with van der Waals surface area (Å²) in [5.74, 6) is 1.04. The van der Waals surface area contributed by atoms with Gasteiger partial charge in [0, 0.05) is 18.5 Å². The molecular weight excluding hydrogens is 246 g/mol. The Morgan fingerprint density at radius 2 is 2.21 bits per heavy atom. The number of ether oxygens (including phenoxy) is 2. The topological polar surface area (TPSA) is 65.4 Å². The molecular formula is C13H15N3O3. The van der Waals surface area contributed by atoms with Crippen molar-refractivity contribution < 1.29 is 14.3 Å². The average Bonchev–Trinajstić information content (AvgIpc) is 2.91. The van der Waals surface area contributed by atoms with Gasteiger partial charge in [0.2, 0.25) is 5.91 Å². The fraction of sp³-hybridized carbons (Fsp3) is 0.231. The molecule has 0 atom stereocenters. The molecule has 1 heterocycles. The van der Waals surface area contributed by atoms with Crippen molar-refractivity contribution >= 4 is 11.6 Å². The van der Waals surface area contributed by atoms with E-state index in [-0.39, 0.29) is 12.5 Å². The largest absolute Gasteiger partial charge is 0.497 e. The molecule has 0 unspecified atom stereocenters. The normalized spacial score (nSPS) is 10.0. The molecule has 0 fully saturated rings. The van der Waals surface area contributed by atoms with Crippen molar-refractivity contribution in [2.24, 2.45) is 0 Å². The highest BCUT2D eigenvalue weighted by Gasteiger charge is 2.09. The second kappa shape index (κ2) is 5.90. The van der Waals surface area contributed by atoms with E-state index in [1.54, 1.807) is 55.6 Å². The molecule has 0 aliphatic carbocycles. The summed E-state index contributed by atoms with van der Waals surface area (Å²) in [6.45, 7) is 0.146. The minimum absolute atomic E-state index is 0.146. The van der Waals surface area contributed by atoms with Crippen LogP contribution in [0.25, 0.3) is 0 Å². The second-order valence-electron chi connectivity index (χ2n) is 3.82. The first-order chi connectivity index (χ1) is 9.22. The summed E-state index contributed by atoms with van der Waals surface area (Å²) in [6.07, 6.45) is 3.35. The highest BCUT2D eigenvalue weighted by atomic mass is 16.5. The fourth-order valence-corrected chi connectivity index (χ4v) is 1.64. The van der Waals surface area contributed by atoms with Crippen LogP contribution in [0.4, 0.5) is 5.69 Å². The van der Waals surface area contributed by atoms with Crippen molar-refractivity contribution in [3.8, 4) is 11.5 Å². The molecule has 0 aliphatic heterocycles. The van der Waals surface area contributed by atoms with Gasteiger partial charge in [-0.25, -0.2) is 0 Å². The Labute approximate surface area is 110 Å². The van der Waals surface area contributed by atoms with Crippen LogP contribution >= 0.6 is 0 Å². The van der Waals surface area contributed by atoms with Crippen LogP contribution < -0.4 is 14.8 Å². The van der Waals surface area contributed by atoms with Gasteiger partial charge in [0.25, 0.3) is 0 Å². The van der Waals surface area contributed by atoms with Gasteiger partial charge in [-0.1, -0.05) is 0 Å². The average molecular weight is 261 g/mol. The van der Waals surface area contributed by atoms with Gasteiger partial charge >= 0.3 is 0 Å². The van der Waals surface area contributed by atoms with Gasteiger partial charge in [0.05, 0.1) is 19.9 Å². The van der Waals surface area contributed by atoms with Crippen molar-refractivity contribution in [3.05, 3.63) is 36.7 Å². The lowest BCUT2D eigenvalue weighted by Gasteiger charge is -2.11. The standard InChI is InChI=1S/C13H15N3O3/c1-18-10-4-5-12(19-2)11(8-10)15-13(17)9-16-7-3-6-14-16/h3-8H,9H2,1-2H3,(H,15,17). The third-order valence-corrected chi connectivity index (χ3v) is 2.55. The molecule has 1 aromatic heterocycles. The zero-order valence-corrected chi connectivity index (χ0v) is 10.8. The van der Waals surface area contributed by atoms with Crippen LogP contribution in [0.1, 0.15) is 0 Å². The van der Waals surface area contributed by atoms with Crippen molar-refractivity contribution in [1.82, 2.24) is 9.78 Å². The molecule has 0 saturated carbocycles. The Morgan fingerprint density at radius 1 is 1.37 bits per heavy atom. The maximum atomic E-state index is 11.9. The number of carbonyl (C=O) groups excluding carboxylic acids is 1. The monoisotopic (exact) mass is 261 g/mol. The molecule has 0 aliphatic rings. The van der Waals surface area contributed by atoms with Crippen molar-refractivity contribution in [1.29, 1.82) is 0 Å². The molecule has 0 saturated heterocycles. The van der Waals surface area contributed by atoms with Crippen LogP contribution in [0.3, 0.4) is 0 Å². The first-order valence-corrected chi connectivity index (χ1v) is 5.72. The zero-order chi connectivity index (χ0) is 13.7. The predicted molar refractivity (Wildman–Crippen MR) is 70.4 cm³/mol. The number of amides is 1. The second-order valence-corrected chi connectivity index (χ2v) is 3.82. The van der Waals surface area contributed by atoms with Crippen LogP contribution in [0.5, 0.6) is 11.5 Å². The maximum Gasteiger partial charge on any atom is 0.246 e. The van der Waals surface area contributed by atoms with E-state index >= 15 is 0 Å². The Kier molecular flexibility index (Phi) is 4.02. The summed E-state index contributed by atoms with van der Waals surface area (Å²) in [7, 11) is 3.11. The third kappa shape index (κ3) is 3.25. The molecule has 0 spiro atoms. The van der Waals surface area contributed by atoms with Gasteiger partial charge in [0.15, 0.2) is 0 Å². The number of methoxy groups -OCH3 is 2. The molecule has 6 nitrogen and oxygen atoms in total. The molecule has 1 amide bonds. The van der Waals surface area contributed by atoms with Crippen LogP contribution in [0, 0.1) is 0 Å². The Hall–Kier alpha value is -2.50. The predicted octanol–water partition coefficient (Wildman–Crippen LogP) is 1.54. The minimum Gasteiger partial charge on any atom is -0.497 e. The number of hydrogen-bond donors (Lipinski definition) is 1. The summed E-state index contributed by atoms with van der Waals surface area (Å²) < 4.78 is 11.8. The van der Waals surface area contributed by atoms with Crippen LogP contribution in [0.2, 0.25) is 0 Å². The number of anilines is 1. The van der Waals surface area contributed by atoms with E-state index in [9.17, 15) is 4.79 Å². The molecule has 2 aromatic rings. The maximum absolute atomic E-state index is 11.9. The molecule has 0 bridgehead atoms. The first-order valence-electron chi connectivity index (χ1n) is 5.72. The van der Waals surface area contributed by atoms with Gasteiger partial charge in [-0.05, 0) is 18.2 Å². The Morgan fingerprint density at radius 3 is 2.84 bits per heavy atom. The molecule has 1 N–H and O–H groups in total. The summed E-state index contributed by atoms with van der Waals surface area (Å²) in [5.41, 5.74) is 0.569. The quantitative estimate of drug-likeness (QED) is 0.886. The highest BCUT2D eigenvalue weighted by Crippen LogP contribution is 2.28. The van der Waals surface area contributed by atoms with E-state index in [2.05, 4.69) is 10.4 Å². The van der Waals surface area contributed by atoms with E-state index in [1.807, 2.05) is 0 Å². The van der Waals surface area contributed by atoms with E-state index in [0.717, 1.165) is 0 Å². The van der Waals surface area contributed by atoms with Gasteiger partial charge in [0.1, 0.15) is 18.0 Å². The highest BCUT2D eigenvalue weighted by molar-refractivity contribution is 5.92. The number of nitrogens with one attached hydrogen (secondary N) is 1. The summed E-state index contributed by atoms with van der Waals surface area (Å²) in [4.78, 5) is 11.9. The van der Waals surface area contributed by atoms with Crippen LogP contribution in [0.15, 0.2) is 36.7 Å². The zero-order valence-electron chi connectivity index (χ0n) is 10.8. The van der Waals surface area contributed by atoms with Crippen LogP contribution in [-0.4, -0.2) is 29.9 Å². The number of carbonyl (C=O) groups is 1. The number of aromatic nitrogens is 2. The number of nitrogens with zero attached hydrogens (tertiary/aromatic N) is 2. The van der Waals surface area contributed by atoms with E-state index in [4.69, 9.17) is 9.47 Å². The van der Waals surface area contributed by atoms with E-state index in [1.165, 1.54) is 0 Å². The van der Waals surface area contributed by atoms with Gasteiger partial charge in [-0.3, -0.25) is 9.48 Å². The van der Waals surface area contributed by atoms with Gasteiger partial charge in [-0.2, -0.15) is 5.10 Å². The summed E-state index contributed by atoms with van der Waals surface area (Å²) >= 11 is 0. The van der Waals surface area contributed by atoms with Gasteiger partial charge in [-0.15, -0.1) is 0 Å². The van der Waals surface area contributed by atoms with Crippen molar-refractivity contribution in [3.63, 3.8) is 0 Å². The van der Waals surface area contributed by atoms with Gasteiger partial charge < -0.3 is 14.8 Å². The smallest absolute Gasteiger partial charge is 0.246 e. The molecule has 2 rings (SSSR count). The van der Waals surface area contributed by atoms with E-state index < -0.39 is 0 Å². The SMILES string of the molecule is COc1ccc(OC)c(NC(=O)Cn2cccn2)c1. The Bertz CT molecular complexity index is 552. The number of rotatable bonds is 5. The number of benzene rings is 1. The minimum atomic E-state index is -0.185. The molecule has 100 valence electrons. The summed E-state index contributed by atoms with van der Waals surface area (Å²) in [6, 6.07) is 6.98. The molecule has 1 aromatic carbocycles. The third-order valence-electron chi connectivity index (χ3n) is 2.55. The molecule has 0 radical (unpaired) electrons. The van der Waals surface area contributed by atoms with Crippen molar-refractivity contribution in [2.75, 3.05) is 19.5 Å². The first kappa shape index (κ1) is 12.9. The van der Waals surface area contributed by atoms with E-state index in [0.29, 0.717) is 17.2 Å². The fourth-order valence-electron chi connectivity index (χ4n) is 1.64. The summed E-state index contributed by atoms with van der Waals surface area (Å²) in [5, 5.41) is 6.74. The lowest BCUT2D eigenvalue weighted by Crippen LogP contribution is -2.19. The Balaban J connectivity index is 2.10. The van der Waals surface area contributed by atoms with Crippen molar-refractivity contribution in [2.45, 2.75) is 6.54 Å².